The van der Waals surface area contributed by atoms with Crippen LogP contribution >= 0.6 is 12.6 Å². The lowest BCUT2D eigenvalue weighted by Gasteiger charge is -2.12. The van der Waals surface area contributed by atoms with Crippen molar-refractivity contribution < 1.29 is 4.79 Å². The van der Waals surface area contributed by atoms with Crippen LogP contribution in [0.15, 0.2) is 28.0 Å². The van der Waals surface area contributed by atoms with Gasteiger partial charge in [-0.25, -0.2) is 4.68 Å². The Morgan fingerprint density at radius 3 is 2.83 bits per heavy atom. The Morgan fingerprint density at radius 2 is 2.33 bits per heavy atom. The molecule has 0 bridgehead atoms. The smallest absolute Gasteiger partial charge is 0.270 e. The highest BCUT2D eigenvalue weighted by Crippen LogP contribution is 1.98. The minimum atomic E-state index is -0.280. The Hall–Kier alpha value is -1.23. The molecule has 0 fully saturated rings. The van der Waals surface area contributed by atoms with Crippen LogP contribution < -0.4 is 10.6 Å². The second-order valence-corrected chi connectivity index (χ2v) is 2.76. The van der Waals surface area contributed by atoms with Crippen molar-refractivity contribution >= 4 is 19.0 Å². The van der Waals surface area contributed by atoms with Crippen LogP contribution in [-0.4, -0.2) is 18.1 Å². The molecule has 0 aromatic carbocycles. The summed E-state index contributed by atoms with van der Waals surface area (Å²) in [5, 5.41) is 1.15. The predicted octanol–water partition coefficient (Wildman–Crippen LogP) is -0.139. The van der Waals surface area contributed by atoms with E-state index in [9.17, 15) is 9.59 Å². The van der Waals surface area contributed by atoms with E-state index in [-0.39, 0.29) is 5.56 Å². The van der Waals surface area contributed by atoms with Gasteiger partial charge >= 0.3 is 0 Å². The van der Waals surface area contributed by atoms with Gasteiger partial charge in [-0.05, 0) is 6.07 Å². The fourth-order valence-corrected chi connectivity index (χ4v) is 0.950. The summed E-state index contributed by atoms with van der Waals surface area (Å²) in [5.41, 5.74) is -0.280. The van der Waals surface area contributed by atoms with Crippen molar-refractivity contribution in [2.24, 2.45) is 0 Å². The normalized spacial score (nSPS) is 9.50. The number of thiol groups is 1. The molecule has 0 saturated carbocycles. The first-order valence-corrected chi connectivity index (χ1v) is 3.70. The third-order valence-corrected chi connectivity index (χ3v) is 1.65. The molecule has 1 heterocycles. The van der Waals surface area contributed by atoms with E-state index in [1.54, 1.807) is 6.07 Å². The van der Waals surface area contributed by atoms with Crippen LogP contribution in [0, 0.1) is 0 Å². The number of aromatic nitrogens is 1. The van der Waals surface area contributed by atoms with Crippen LogP contribution in [0.25, 0.3) is 0 Å². The molecule has 12 heavy (non-hydrogen) atoms. The molecule has 0 N–H and O–H groups in total. The maximum absolute atomic E-state index is 11.2. The van der Waals surface area contributed by atoms with Crippen molar-refractivity contribution in [1.82, 2.24) is 4.68 Å². The van der Waals surface area contributed by atoms with E-state index < -0.39 is 0 Å². The van der Waals surface area contributed by atoms with E-state index in [4.69, 9.17) is 0 Å². The number of hydrogen-bond acceptors (Lipinski definition) is 3. The van der Waals surface area contributed by atoms with E-state index in [2.05, 4.69) is 12.6 Å². The van der Waals surface area contributed by atoms with Gasteiger partial charge in [0.25, 0.3) is 5.56 Å². The summed E-state index contributed by atoms with van der Waals surface area (Å²) in [6.07, 6.45) is 2.04. The Labute approximate surface area is 74.8 Å². The number of carbonyl (C=O) groups is 1. The van der Waals surface area contributed by atoms with Gasteiger partial charge in [-0.15, -0.1) is 12.6 Å². The van der Waals surface area contributed by atoms with Crippen molar-refractivity contribution in [3.63, 3.8) is 0 Å². The topological polar surface area (TPSA) is 42.3 Å². The van der Waals surface area contributed by atoms with E-state index in [0.717, 1.165) is 5.01 Å². The van der Waals surface area contributed by atoms with Crippen molar-refractivity contribution in [3.8, 4) is 0 Å². The molecule has 0 atom stereocenters. The Bertz CT molecular complexity index is 348. The summed E-state index contributed by atoms with van der Waals surface area (Å²) in [5.74, 6) is 0. The van der Waals surface area contributed by atoms with Gasteiger partial charge < -0.3 is 0 Å². The number of carbonyl (C=O) groups excluding carboxylic acids is 1. The predicted molar refractivity (Wildman–Crippen MR) is 48.2 cm³/mol. The monoisotopic (exact) mass is 184 g/mol. The fourth-order valence-electron chi connectivity index (χ4n) is 0.773. The molecule has 0 aliphatic rings. The quantitative estimate of drug-likeness (QED) is 0.513. The van der Waals surface area contributed by atoms with Crippen molar-refractivity contribution in [3.05, 3.63) is 28.7 Å². The molecule has 1 aromatic rings. The van der Waals surface area contributed by atoms with Crippen LogP contribution in [0.1, 0.15) is 0 Å². The lowest BCUT2D eigenvalue weighted by molar-refractivity contribution is -0.108. The molecule has 5 heteroatoms. The molecule has 1 aromatic heterocycles. The van der Waals surface area contributed by atoms with Gasteiger partial charge in [0.15, 0.2) is 0 Å². The van der Waals surface area contributed by atoms with E-state index in [1.807, 2.05) is 0 Å². The third-order valence-electron chi connectivity index (χ3n) is 1.38. The zero-order valence-corrected chi connectivity index (χ0v) is 7.36. The summed E-state index contributed by atoms with van der Waals surface area (Å²) in [4.78, 5) is 22.0. The average molecular weight is 184 g/mol. The van der Waals surface area contributed by atoms with Crippen LogP contribution in [0.3, 0.4) is 0 Å². The van der Waals surface area contributed by atoms with Crippen molar-refractivity contribution in [2.45, 2.75) is 4.90 Å². The van der Waals surface area contributed by atoms with Gasteiger partial charge in [0.05, 0.1) is 0 Å². The highest BCUT2D eigenvalue weighted by molar-refractivity contribution is 7.80. The number of nitrogens with zero attached hydrogens (tertiary/aromatic N) is 2. The van der Waals surface area contributed by atoms with Gasteiger partial charge in [-0.3, -0.25) is 14.6 Å². The SMILES string of the molecule is CN(C=O)n1ccc(S)cc1=O. The zero-order valence-electron chi connectivity index (χ0n) is 6.47. The summed E-state index contributed by atoms with van der Waals surface area (Å²) in [6, 6.07) is 2.97. The highest BCUT2D eigenvalue weighted by Gasteiger charge is 1.98. The second kappa shape index (κ2) is 3.44. The van der Waals surface area contributed by atoms with E-state index in [1.165, 1.54) is 24.0 Å². The average Bonchev–Trinajstić information content (AvgIpc) is 2.03. The fraction of sp³-hybridized carbons (Fsp3) is 0.143. The number of pyridine rings is 1. The number of hydrogen-bond donors (Lipinski definition) is 1. The van der Waals surface area contributed by atoms with Gasteiger partial charge in [0, 0.05) is 24.2 Å². The minimum Gasteiger partial charge on any atom is -0.277 e. The summed E-state index contributed by atoms with van der Waals surface area (Å²) >= 11 is 3.98. The molecule has 0 spiro atoms. The first-order chi connectivity index (χ1) is 5.65. The third kappa shape index (κ3) is 1.68. The van der Waals surface area contributed by atoms with E-state index in [0.29, 0.717) is 11.3 Å². The zero-order chi connectivity index (χ0) is 9.14. The minimum absolute atomic E-state index is 0.280. The summed E-state index contributed by atoms with van der Waals surface area (Å²) < 4.78 is 1.19. The Balaban J connectivity index is 3.18. The van der Waals surface area contributed by atoms with Crippen LogP contribution in [0.2, 0.25) is 0 Å². The van der Waals surface area contributed by atoms with Gasteiger partial charge in [0.2, 0.25) is 6.41 Å². The largest absolute Gasteiger partial charge is 0.277 e. The van der Waals surface area contributed by atoms with Crippen molar-refractivity contribution in [2.75, 3.05) is 12.1 Å². The number of amides is 1. The molecule has 64 valence electrons. The molecule has 1 amide bonds. The Morgan fingerprint density at radius 1 is 1.67 bits per heavy atom. The summed E-state index contributed by atoms with van der Waals surface area (Å²) in [7, 11) is 1.49. The summed E-state index contributed by atoms with van der Waals surface area (Å²) in [6.45, 7) is 0. The first-order valence-electron chi connectivity index (χ1n) is 3.25. The second-order valence-electron chi connectivity index (χ2n) is 2.25. The Kier molecular flexibility index (Phi) is 2.54. The molecule has 0 saturated heterocycles. The maximum atomic E-state index is 11.2. The van der Waals surface area contributed by atoms with Crippen LogP contribution in [0.5, 0.6) is 0 Å². The molecule has 4 nitrogen and oxygen atoms in total. The molecule has 0 unspecified atom stereocenters. The molecular weight excluding hydrogens is 176 g/mol. The molecule has 0 aliphatic heterocycles. The van der Waals surface area contributed by atoms with Gasteiger partial charge in [0.1, 0.15) is 0 Å². The number of rotatable bonds is 2. The standard InChI is InChI=1S/C7H8N2O2S/c1-8(5-10)9-3-2-6(12)4-7(9)11/h2-5,12H,1H3. The lowest BCUT2D eigenvalue weighted by atomic mass is 10.5. The highest BCUT2D eigenvalue weighted by atomic mass is 32.1. The van der Waals surface area contributed by atoms with Crippen LogP contribution in [0.4, 0.5) is 0 Å². The molecular formula is C7H8N2O2S. The molecule has 0 aliphatic carbocycles. The molecule has 1 rings (SSSR count). The lowest BCUT2D eigenvalue weighted by Crippen LogP contribution is -2.37. The first kappa shape index (κ1) is 8.86. The van der Waals surface area contributed by atoms with Crippen LogP contribution in [-0.2, 0) is 4.79 Å². The van der Waals surface area contributed by atoms with Gasteiger partial charge in [-0.1, -0.05) is 0 Å². The maximum Gasteiger partial charge on any atom is 0.270 e. The van der Waals surface area contributed by atoms with Gasteiger partial charge in [-0.2, -0.15) is 0 Å². The molecule has 0 radical (unpaired) electrons. The van der Waals surface area contributed by atoms with E-state index >= 15 is 0 Å². The van der Waals surface area contributed by atoms with Crippen molar-refractivity contribution in [1.29, 1.82) is 0 Å².